The minimum Gasteiger partial charge on any atom is -0.508 e. The van der Waals surface area contributed by atoms with Gasteiger partial charge in [0.15, 0.2) is 0 Å². The Bertz CT molecular complexity index is 933. The number of fused-ring (bicyclic) bond motifs is 1. The smallest absolute Gasteiger partial charge is 0.349 e. The van der Waals surface area contributed by atoms with E-state index >= 15 is 0 Å². The van der Waals surface area contributed by atoms with E-state index in [1.165, 1.54) is 18.2 Å². The van der Waals surface area contributed by atoms with Crippen molar-refractivity contribution in [3.8, 4) is 5.75 Å². The number of anilines is 1. The van der Waals surface area contributed by atoms with Gasteiger partial charge in [0.2, 0.25) is 0 Å². The quantitative estimate of drug-likeness (QED) is 0.686. The molecule has 0 radical (unpaired) electrons. The zero-order chi connectivity index (χ0) is 15.7. The van der Waals surface area contributed by atoms with E-state index in [4.69, 9.17) is 4.42 Å². The average molecular weight is 360 g/mol. The fourth-order valence-corrected chi connectivity index (χ4v) is 2.39. The third-order valence-electron chi connectivity index (χ3n) is 3.09. The van der Waals surface area contributed by atoms with Crippen LogP contribution in [0.25, 0.3) is 11.0 Å². The summed E-state index contributed by atoms with van der Waals surface area (Å²) in [6, 6.07) is 12.9. The highest BCUT2D eigenvalue weighted by Gasteiger charge is 2.15. The topological polar surface area (TPSA) is 79.5 Å². The summed E-state index contributed by atoms with van der Waals surface area (Å²) in [5.74, 6) is -0.573. The van der Waals surface area contributed by atoms with Gasteiger partial charge in [0.25, 0.3) is 5.91 Å². The van der Waals surface area contributed by atoms with Crippen LogP contribution in [0.5, 0.6) is 5.75 Å². The molecule has 0 fully saturated rings. The van der Waals surface area contributed by atoms with Crippen molar-refractivity contribution in [3.63, 3.8) is 0 Å². The second-order valence-electron chi connectivity index (χ2n) is 4.60. The maximum Gasteiger partial charge on any atom is 0.349 e. The summed E-state index contributed by atoms with van der Waals surface area (Å²) in [6.07, 6.45) is 0. The maximum atomic E-state index is 12.3. The van der Waals surface area contributed by atoms with Crippen LogP contribution in [-0.4, -0.2) is 11.0 Å². The minimum atomic E-state index is -0.761. The summed E-state index contributed by atoms with van der Waals surface area (Å²) in [5.41, 5.74) is -0.0864. The number of carbonyl (C=O) groups is 1. The molecule has 22 heavy (non-hydrogen) atoms. The van der Waals surface area contributed by atoms with Gasteiger partial charge in [0.05, 0.1) is 5.69 Å². The number of aromatic hydroxyl groups is 1. The van der Waals surface area contributed by atoms with Crippen molar-refractivity contribution in [1.29, 1.82) is 0 Å². The summed E-state index contributed by atoms with van der Waals surface area (Å²) >= 11 is 3.32. The highest BCUT2D eigenvalue weighted by Crippen LogP contribution is 2.23. The maximum absolute atomic E-state index is 12.3. The Morgan fingerprint density at radius 2 is 1.91 bits per heavy atom. The molecule has 110 valence electrons. The Balaban J connectivity index is 2.01. The van der Waals surface area contributed by atoms with Gasteiger partial charge in [-0.25, -0.2) is 4.79 Å². The van der Waals surface area contributed by atoms with Gasteiger partial charge in [-0.1, -0.05) is 12.1 Å². The molecule has 0 saturated heterocycles. The number of carbonyl (C=O) groups excluding carboxylic acids is 1. The molecule has 0 spiro atoms. The Kier molecular flexibility index (Phi) is 3.68. The molecule has 0 aliphatic rings. The molecule has 2 aromatic carbocycles. The molecule has 0 unspecified atom stereocenters. The molecule has 3 rings (SSSR count). The van der Waals surface area contributed by atoms with Crippen molar-refractivity contribution in [2.45, 2.75) is 0 Å². The van der Waals surface area contributed by atoms with Crippen LogP contribution in [0, 0.1) is 0 Å². The molecule has 1 heterocycles. The first-order valence-corrected chi connectivity index (χ1v) is 7.16. The van der Waals surface area contributed by atoms with Crippen LogP contribution in [0.4, 0.5) is 5.69 Å². The Morgan fingerprint density at radius 3 is 2.68 bits per heavy atom. The van der Waals surface area contributed by atoms with Crippen LogP contribution in [0.2, 0.25) is 0 Å². The molecule has 1 amide bonds. The number of halogens is 1. The molecule has 3 aromatic rings. The zero-order valence-electron chi connectivity index (χ0n) is 11.2. The van der Waals surface area contributed by atoms with Gasteiger partial charge in [-0.3, -0.25) is 4.79 Å². The van der Waals surface area contributed by atoms with Crippen LogP contribution in [0.15, 0.2) is 62.2 Å². The predicted octanol–water partition coefficient (Wildman–Crippen LogP) is 3.51. The molecule has 1 aromatic heterocycles. The van der Waals surface area contributed by atoms with Crippen molar-refractivity contribution in [3.05, 3.63) is 69.0 Å². The van der Waals surface area contributed by atoms with Crippen LogP contribution >= 0.6 is 15.9 Å². The van der Waals surface area contributed by atoms with E-state index in [0.717, 1.165) is 0 Å². The first kappa shape index (κ1) is 14.3. The van der Waals surface area contributed by atoms with Crippen LogP contribution in [0.1, 0.15) is 10.4 Å². The summed E-state index contributed by atoms with van der Waals surface area (Å²) in [6.45, 7) is 0. The second kappa shape index (κ2) is 5.65. The first-order valence-electron chi connectivity index (χ1n) is 6.37. The molecule has 5 nitrogen and oxygen atoms in total. The number of rotatable bonds is 2. The molecule has 0 aliphatic heterocycles. The van der Waals surface area contributed by atoms with Gasteiger partial charge in [-0.15, -0.1) is 0 Å². The summed E-state index contributed by atoms with van der Waals surface area (Å²) in [5, 5.41) is 12.6. The number of para-hydroxylation sites is 1. The largest absolute Gasteiger partial charge is 0.508 e. The van der Waals surface area contributed by atoms with E-state index in [2.05, 4.69) is 21.2 Å². The molecular weight excluding hydrogens is 350 g/mol. The van der Waals surface area contributed by atoms with E-state index < -0.39 is 11.5 Å². The standard InChI is InChI=1S/C16H10BrNO4/c17-12-3-1-2-4-13(12)18-15(20)11-7-9-5-6-10(19)8-14(9)22-16(11)21/h1-8,19H,(H,18,20). The van der Waals surface area contributed by atoms with Gasteiger partial charge >= 0.3 is 5.63 Å². The van der Waals surface area contributed by atoms with Crippen molar-refractivity contribution in [1.82, 2.24) is 0 Å². The lowest BCUT2D eigenvalue weighted by Gasteiger charge is -2.07. The Labute approximate surface area is 133 Å². The number of hydrogen-bond donors (Lipinski definition) is 2. The van der Waals surface area contributed by atoms with Gasteiger partial charge in [0.1, 0.15) is 16.9 Å². The minimum absolute atomic E-state index is 0.0129. The average Bonchev–Trinajstić information content (AvgIpc) is 2.48. The van der Waals surface area contributed by atoms with Crippen molar-refractivity contribution in [2.24, 2.45) is 0 Å². The van der Waals surface area contributed by atoms with Crippen LogP contribution in [0.3, 0.4) is 0 Å². The molecule has 2 N–H and O–H groups in total. The number of phenols is 1. The Hall–Kier alpha value is -2.60. The van der Waals surface area contributed by atoms with E-state index in [0.29, 0.717) is 15.5 Å². The molecule has 0 saturated carbocycles. The second-order valence-corrected chi connectivity index (χ2v) is 5.46. The monoisotopic (exact) mass is 359 g/mol. The molecular formula is C16H10BrNO4. The van der Waals surface area contributed by atoms with Gasteiger partial charge in [0, 0.05) is 15.9 Å². The van der Waals surface area contributed by atoms with Gasteiger partial charge < -0.3 is 14.8 Å². The van der Waals surface area contributed by atoms with E-state index in [1.54, 1.807) is 24.3 Å². The lowest BCUT2D eigenvalue weighted by atomic mass is 10.1. The van der Waals surface area contributed by atoms with Gasteiger partial charge in [-0.2, -0.15) is 0 Å². The van der Waals surface area contributed by atoms with E-state index in [-0.39, 0.29) is 16.9 Å². The molecule has 0 aliphatic carbocycles. The lowest BCUT2D eigenvalue weighted by Crippen LogP contribution is -2.20. The van der Waals surface area contributed by atoms with E-state index in [9.17, 15) is 14.7 Å². The molecule has 0 bridgehead atoms. The fraction of sp³-hybridized carbons (Fsp3) is 0. The number of phenolic OH excluding ortho intramolecular Hbond substituents is 1. The highest BCUT2D eigenvalue weighted by molar-refractivity contribution is 9.10. The number of nitrogens with one attached hydrogen (secondary N) is 1. The predicted molar refractivity (Wildman–Crippen MR) is 86.2 cm³/mol. The SMILES string of the molecule is O=C(Nc1ccccc1Br)c1cc2ccc(O)cc2oc1=O. The summed E-state index contributed by atoms with van der Waals surface area (Å²) in [7, 11) is 0. The van der Waals surface area contributed by atoms with E-state index in [1.807, 2.05) is 6.07 Å². The van der Waals surface area contributed by atoms with Crippen LogP contribution < -0.4 is 10.9 Å². The number of hydrogen-bond acceptors (Lipinski definition) is 4. The van der Waals surface area contributed by atoms with Crippen molar-refractivity contribution >= 4 is 38.5 Å². The third-order valence-corrected chi connectivity index (χ3v) is 3.78. The third kappa shape index (κ3) is 2.73. The fourth-order valence-electron chi connectivity index (χ4n) is 2.01. The Morgan fingerprint density at radius 1 is 1.14 bits per heavy atom. The number of benzene rings is 2. The van der Waals surface area contributed by atoms with Gasteiger partial charge in [-0.05, 0) is 46.3 Å². The van der Waals surface area contributed by atoms with Crippen molar-refractivity contribution < 1.29 is 14.3 Å². The normalized spacial score (nSPS) is 10.6. The summed E-state index contributed by atoms with van der Waals surface area (Å²) in [4.78, 5) is 24.2. The first-order chi connectivity index (χ1) is 10.5. The van der Waals surface area contributed by atoms with Crippen LogP contribution in [-0.2, 0) is 0 Å². The molecule has 6 heteroatoms. The lowest BCUT2D eigenvalue weighted by molar-refractivity contribution is 0.102. The summed E-state index contributed by atoms with van der Waals surface area (Å²) < 4.78 is 5.78. The molecule has 0 atom stereocenters. The zero-order valence-corrected chi connectivity index (χ0v) is 12.8. The highest BCUT2D eigenvalue weighted by atomic mass is 79.9. The van der Waals surface area contributed by atoms with Crippen molar-refractivity contribution in [2.75, 3.05) is 5.32 Å². The number of amides is 1.